The van der Waals surface area contributed by atoms with Crippen LogP contribution in [-0.2, 0) is 14.2 Å². The quantitative estimate of drug-likeness (QED) is 0.692. The summed E-state index contributed by atoms with van der Waals surface area (Å²) in [6.07, 6.45) is -5.16. The zero-order valence-electron chi connectivity index (χ0n) is 9.01. The average Bonchev–Trinajstić information content (AvgIpc) is 2.51. The number of rotatable bonds is 4. The Bertz CT molecular complexity index is 211. The third-order valence-corrected chi connectivity index (χ3v) is 2.19. The summed E-state index contributed by atoms with van der Waals surface area (Å²) in [4.78, 5) is 0. The van der Waals surface area contributed by atoms with Crippen molar-refractivity contribution in [1.82, 2.24) is 0 Å². The number of aliphatic hydroxyl groups excluding tert-OH is 2. The Balaban J connectivity index is 2.68. The van der Waals surface area contributed by atoms with Crippen LogP contribution in [0, 0.1) is 0 Å². The summed E-state index contributed by atoms with van der Waals surface area (Å²) < 4.78 is 29.0. The van der Waals surface area contributed by atoms with Crippen molar-refractivity contribution in [3.8, 4) is 0 Å². The van der Waals surface area contributed by atoms with Gasteiger partial charge in [-0.3, -0.25) is 0 Å². The van der Waals surface area contributed by atoms with Crippen molar-refractivity contribution in [2.45, 2.75) is 44.3 Å². The van der Waals surface area contributed by atoms with E-state index in [4.69, 9.17) is 24.4 Å². The van der Waals surface area contributed by atoms with E-state index in [1.54, 1.807) is 13.8 Å². The highest BCUT2D eigenvalue weighted by atomic mass is 19.1. The average molecular weight is 224 g/mol. The standard InChI is InChI=1S/C9H17FO5/c1-9(2)14-7(8(13-3)15-9)6(10)5(12)4-11/h5-8,11-12H,4H2,1-3H3/t5-,6?,7-,8-/m1/s1. The fraction of sp³-hybridized carbons (Fsp3) is 1.00. The first-order valence-corrected chi connectivity index (χ1v) is 4.72. The first-order valence-electron chi connectivity index (χ1n) is 4.72. The minimum atomic E-state index is -1.75. The SMILES string of the molecule is CO[C@@H]1OC(C)(C)O[C@@H]1C(F)[C@H](O)CO. The van der Waals surface area contributed by atoms with Gasteiger partial charge in [0.2, 0.25) is 0 Å². The van der Waals surface area contributed by atoms with Gasteiger partial charge in [-0.05, 0) is 13.8 Å². The molecule has 0 aliphatic carbocycles. The van der Waals surface area contributed by atoms with E-state index < -0.39 is 37.1 Å². The lowest BCUT2D eigenvalue weighted by molar-refractivity contribution is -0.183. The van der Waals surface area contributed by atoms with Gasteiger partial charge in [-0.1, -0.05) is 0 Å². The van der Waals surface area contributed by atoms with Crippen molar-refractivity contribution in [2.24, 2.45) is 0 Å². The molecule has 1 unspecified atom stereocenters. The van der Waals surface area contributed by atoms with E-state index in [0.29, 0.717) is 0 Å². The highest BCUT2D eigenvalue weighted by Crippen LogP contribution is 2.32. The lowest BCUT2D eigenvalue weighted by Crippen LogP contribution is -2.42. The van der Waals surface area contributed by atoms with E-state index >= 15 is 0 Å². The first kappa shape index (κ1) is 12.8. The number of methoxy groups -OCH3 is 1. The number of hydrogen-bond acceptors (Lipinski definition) is 5. The maximum atomic E-state index is 13.6. The van der Waals surface area contributed by atoms with Crippen molar-refractivity contribution >= 4 is 0 Å². The number of aliphatic hydroxyl groups is 2. The fourth-order valence-electron chi connectivity index (χ4n) is 1.47. The highest BCUT2D eigenvalue weighted by Gasteiger charge is 2.47. The summed E-state index contributed by atoms with van der Waals surface area (Å²) in [5, 5.41) is 17.8. The second-order valence-electron chi connectivity index (χ2n) is 3.90. The molecule has 1 aliphatic rings. The van der Waals surface area contributed by atoms with Crippen LogP contribution in [0.25, 0.3) is 0 Å². The molecule has 1 aliphatic heterocycles. The van der Waals surface area contributed by atoms with Gasteiger partial charge in [0.25, 0.3) is 0 Å². The molecule has 0 saturated carbocycles. The van der Waals surface area contributed by atoms with Gasteiger partial charge in [0.15, 0.2) is 18.2 Å². The summed E-state index contributed by atoms with van der Waals surface area (Å²) in [5.74, 6) is -0.954. The molecular formula is C9H17FO5. The fourth-order valence-corrected chi connectivity index (χ4v) is 1.47. The summed E-state index contributed by atoms with van der Waals surface area (Å²) in [5.41, 5.74) is 0. The van der Waals surface area contributed by atoms with E-state index in [9.17, 15) is 4.39 Å². The molecule has 4 atom stereocenters. The molecular weight excluding hydrogens is 207 g/mol. The summed E-state index contributed by atoms with van der Waals surface area (Å²) in [6, 6.07) is 0. The van der Waals surface area contributed by atoms with Gasteiger partial charge < -0.3 is 24.4 Å². The van der Waals surface area contributed by atoms with Crippen LogP contribution in [0.4, 0.5) is 4.39 Å². The summed E-state index contributed by atoms with van der Waals surface area (Å²) in [6.45, 7) is 2.58. The highest BCUT2D eigenvalue weighted by molar-refractivity contribution is 4.85. The maximum Gasteiger partial charge on any atom is 0.189 e. The predicted octanol–water partition coefficient (Wildman–Crippen LogP) is -0.198. The van der Waals surface area contributed by atoms with E-state index in [1.165, 1.54) is 7.11 Å². The Kier molecular flexibility index (Phi) is 4.02. The zero-order chi connectivity index (χ0) is 11.6. The molecule has 1 fully saturated rings. The first-order chi connectivity index (χ1) is 6.91. The van der Waals surface area contributed by atoms with Crippen molar-refractivity contribution in [3.05, 3.63) is 0 Å². The molecule has 5 nitrogen and oxygen atoms in total. The van der Waals surface area contributed by atoms with Crippen LogP contribution in [0.5, 0.6) is 0 Å². The van der Waals surface area contributed by atoms with Crippen LogP contribution in [-0.4, -0.2) is 54.4 Å². The second kappa shape index (κ2) is 4.71. The Labute approximate surface area is 87.7 Å². The molecule has 0 aromatic heterocycles. The smallest absolute Gasteiger partial charge is 0.189 e. The van der Waals surface area contributed by atoms with Gasteiger partial charge >= 0.3 is 0 Å². The molecule has 1 saturated heterocycles. The van der Waals surface area contributed by atoms with Crippen molar-refractivity contribution in [2.75, 3.05) is 13.7 Å². The number of hydrogen-bond donors (Lipinski definition) is 2. The minimum Gasteiger partial charge on any atom is -0.394 e. The van der Waals surface area contributed by atoms with E-state index in [0.717, 1.165) is 0 Å². The molecule has 0 amide bonds. The summed E-state index contributed by atoms with van der Waals surface area (Å²) >= 11 is 0. The molecule has 0 bridgehead atoms. The van der Waals surface area contributed by atoms with Gasteiger partial charge in [-0.15, -0.1) is 0 Å². The Morgan fingerprint density at radius 3 is 2.53 bits per heavy atom. The van der Waals surface area contributed by atoms with Gasteiger partial charge in [0.05, 0.1) is 6.61 Å². The monoisotopic (exact) mass is 224 g/mol. The summed E-state index contributed by atoms with van der Waals surface area (Å²) in [7, 11) is 1.36. The third-order valence-electron chi connectivity index (χ3n) is 2.19. The molecule has 0 radical (unpaired) electrons. The van der Waals surface area contributed by atoms with Crippen LogP contribution >= 0.6 is 0 Å². The molecule has 1 heterocycles. The lowest BCUT2D eigenvalue weighted by atomic mass is 10.1. The normalized spacial score (nSPS) is 34.0. The van der Waals surface area contributed by atoms with Gasteiger partial charge in [0, 0.05) is 7.11 Å². The molecule has 15 heavy (non-hydrogen) atoms. The Hall–Kier alpha value is -0.270. The maximum absolute atomic E-state index is 13.6. The van der Waals surface area contributed by atoms with Crippen LogP contribution in [0.3, 0.4) is 0 Å². The zero-order valence-corrected chi connectivity index (χ0v) is 9.01. The van der Waals surface area contributed by atoms with Crippen LogP contribution in [0.15, 0.2) is 0 Å². The predicted molar refractivity (Wildman–Crippen MR) is 48.8 cm³/mol. The molecule has 0 spiro atoms. The van der Waals surface area contributed by atoms with Crippen molar-refractivity contribution in [3.63, 3.8) is 0 Å². The van der Waals surface area contributed by atoms with Gasteiger partial charge in [-0.25, -0.2) is 4.39 Å². The van der Waals surface area contributed by atoms with Crippen LogP contribution in [0.1, 0.15) is 13.8 Å². The van der Waals surface area contributed by atoms with Gasteiger partial charge in [0.1, 0.15) is 12.2 Å². The van der Waals surface area contributed by atoms with Crippen LogP contribution < -0.4 is 0 Å². The van der Waals surface area contributed by atoms with Crippen LogP contribution in [0.2, 0.25) is 0 Å². The van der Waals surface area contributed by atoms with Gasteiger partial charge in [-0.2, -0.15) is 0 Å². The lowest BCUT2D eigenvalue weighted by Gasteiger charge is -2.22. The number of ether oxygens (including phenoxy) is 3. The number of alkyl halides is 1. The van der Waals surface area contributed by atoms with E-state index in [-0.39, 0.29) is 0 Å². The second-order valence-corrected chi connectivity index (χ2v) is 3.90. The largest absolute Gasteiger partial charge is 0.394 e. The Morgan fingerprint density at radius 2 is 2.07 bits per heavy atom. The van der Waals surface area contributed by atoms with E-state index in [2.05, 4.69) is 0 Å². The van der Waals surface area contributed by atoms with E-state index in [1.807, 2.05) is 0 Å². The number of halogens is 1. The molecule has 0 aromatic rings. The molecule has 1 rings (SSSR count). The van der Waals surface area contributed by atoms with Crippen molar-refractivity contribution in [1.29, 1.82) is 0 Å². The molecule has 90 valence electrons. The van der Waals surface area contributed by atoms with Crippen molar-refractivity contribution < 1.29 is 28.8 Å². The molecule has 6 heteroatoms. The Morgan fingerprint density at radius 1 is 1.47 bits per heavy atom. The third kappa shape index (κ3) is 2.85. The molecule has 2 N–H and O–H groups in total. The molecule has 0 aromatic carbocycles. The topological polar surface area (TPSA) is 68.2 Å². The minimum absolute atomic E-state index is 0.669.